The Labute approximate surface area is 211 Å². The Morgan fingerprint density at radius 1 is 0.857 bits per heavy atom. The van der Waals surface area contributed by atoms with Gasteiger partial charge in [-0.15, -0.1) is 0 Å². The number of piperidine rings is 1. The van der Waals surface area contributed by atoms with Gasteiger partial charge in [0.2, 0.25) is 0 Å². The van der Waals surface area contributed by atoms with Gasteiger partial charge in [-0.05, 0) is 91.0 Å². The van der Waals surface area contributed by atoms with Crippen LogP contribution in [0.5, 0.6) is 5.75 Å². The summed E-state index contributed by atoms with van der Waals surface area (Å²) in [5, 5.41) is 10.2. The molecule has 1 saturated heterocycles. The van der Waals surface area contributed by atoms with Gasteiger partial charge in [0.25, 0.3) is 0 Å². The van der Waals surface area contributed by atoms with Crippen LogP contribution in [-0.2, 0) is 15.9 Å². The molecule has 3 aliphatic rings. The summed E-state index contributed by atoms with van der Waals surface area (Å²) in [6.45, 7) is 4.40. The van der Waals surface area contributed by atoms with E-state index in [1.165, 1.54) is 66.5 Å². The van der Waals surface area contributed by atoms with E-state index in [-0.39, 0.29) is 6.29 Å². The summed E-state index contributed by atoms with van der Waals surface area (Å²) in [5.41, 5.74) is 7.03. The van der Waals surface area contributed by atoms with E-state index in [1.807, 2.05) is 12.1 Å². The standard InChI is InChI=1S/C31H43NO3/c1-21-19-25(32-17-15-23(16-18-32)31(34-2)35-3)10-13-27(21)30-28(22-7-5-4-6-8-22)12-9-24-20-26(33)11-14-29(24)30/h10-11,13-14,19-20,22-23,28,30-31,33H,4-9,12,15-18H2,1-3H3/t28-,30+/m1/s1. The average Bonchev–Trinajstić information content (AvgIpc) is 2.89. The normalized spacial score (nSPS) is 24.1. The Hall–Kier alpha value is -2.04. The van der Waals surface area contributed by atoms with E-state index in [4.69, 9.17) is 9.47 Å². The average molecular weight is 478 g/mol. The molecule has 190 valence electrons. The van der Waals surface area contributed by atoms with Crippen LogP contribution in [0.4, 0.5) is 5.69 Å². The molecule has 1 saturated carbocycles. The Morgan fingerprint density at radius 3 is 2.26 bits per heavy atom. The molecule has 5 rings (SSSR count). The molecular weight excluding hydrogens is 434 g/mol. The highest BCUT2D eigenvalue weighted by Gasteiger charge is 2.37. The highest BCUT2D eigenvalue weighted by atomic mass is 16.7. The Kier molecular flexibility index (Phi) is 7.69. The zero-order valence-corrected chi connectivity index (χ0v) is 21.8. The molecule has 4 heteroatoms. The van der Waals surface area contributed by atoms with E-state index in [1.54, 1.807) is 14.2 Å². The zero-order valence-electron chi connectivity index (χ0n) is 21.8. The van der Waals surface area contributed by atoms with Crippen LogP contribution in [0.3, 0.4) is 0 Å². The van der Waals surface area contributed by atoms with Crippen molar-refractivity contribution < 1.29 is 14.6 Å². The number of rotatable bonds is 6. The summed E-state index contributed by atoms with van der Waals surface area (Å²) in [6.07, 6.45) is 11.4. The Balaban J connectivity index is 1.40. The molecule has 4 nitrogen and oxygen atoms in total. The minimum absolute atomic E-state index is 0.0937. The van der Waals surface area contributed by atoms with Crippen LogP contribution >= 0.6 is 0 Å². The zero-order chi connectivity index (χ0) is 24.4. The first-order valence-corrected chi connectivity index (χ1v) is 13.8. The molecule has 2 aromatic carbocycles. The Bertz CT molecular complexity index is 987. The number of ether oxygens (including phenoxy) is 2. The summed E-state index contributed by atoms with van der Waals surface area (Å²) < 4.78 is 11.0. The fourth-order valence-corrected chi connectivity index (χ4v) is 7.42. The van der Waals surface area contributed by atoms with Crippen LogP contribution in [0.15, 0.2) is 36.4 Å². The van der Waals surface area contributed by atoms with Gasteiger partial charge in [-0.3, -0.25) is 0 Å². The van der Waals surface area contributed by atoms with Gasteiger partial charge < -0.3 is 19.5 Å². The molecule has 0 spiro atoms. The lowest BCUT2D eigenvalue weighted by molar-refractivity contribution is -0.141. The van der Waals surface area contributed by atoms with E-state index in [0.717, 1.165) is 38.3 Å². The van der Waals surface area contributed by atoms with Crippen molar-refractivity contribution in [1.29, 1.82) is 0 Å². The number of phenols is 1. The minimum atomic E-state index is -0.0937. The van der Waals surface area contributed by atoms with Crippen molar-refractivity contribution in [3.8, 4) is 5.75 Å². The topological polar surface area (TPSA) is 41.9 Å². The van der Waals surface area contributed by atoms with E-state index >= 15 is 0 Å². The monoisotopic (exact) mass is 477 g/mol. The Morgan fingerprint density at radius 2 is 1.57 bits per heavy atom. The van der Waals surface area contributed by atoms with Gasteiger partial charge >= 0.3 is 0 Å². The quantitative estimate of drug-likeness (QED) is 0.464. The van der Waals surface area contributed by atoms with Crippen LogP contribution in [0, 0.1) is 24.7 Å². The highest BCUT2D eigenvalue weighted by molar-refractivity contribution is 5.54. The number of aromatic hydroxyl groups is 1. The minimum Gasteiger partial charge on any atom is -0.508 e. The molecule has 1 heterocycles. The first-order chi connectivity index (χ1) is 17.1. The number of hydrogen-bond donors (Lipinski definition) is 1. The molecular formula is C31H43NO3. The molecule has 2 aromatic rings. The number of aryl methyl sites for hydroxylation is 2. The van der Waals surface area contributed by atoms with Gasteiger partial charge in [-0.25, -0.2) is 0 Å². The molecule has 1 aliphatic heterocycles. The molecule has 0 radical (unpaired) electrons. The van der Waals surface area contributed by atoms with Crippen molar-refractivity contribution in [2.45, 2.75) is 76.9 Å². The summed E-state index contributed by atoms with van der Waals surface area (Å²) in [5.74, 6) is 2.83. The SMILES string of the molecule is COC(OC)C1CCN(c2ccc([C@@H]3c4ccc(O)cc4CC[C@@H]3C3CCCCC3)c(C)c2)CC1. The predicted molar refractivity (Wildman–Crippen MR) is 142 cm³/mol. The largest absolute Gasteiger partial charge is 0.508 e. The maximum absolute atomic E-state index is 10.2. The van der Waals surface area contributed by atoms with Crippen LogP contribution < -0.4 is 4.90 Å². The lowest BCUT2D eigenvalue weighted by atomic mass is 9.63. The number of phenolic OH excluding ortho intramolecular Hbond substituents is 1. The van der Waals surface area contributed by atoms with Crippen molar-refractivity contribution in [3.63, 3.8) is 0 Å². The first kappa shape index (κ1) is 24.6. The van der Waals surface area contributed by atoms with Crippen LogP contribution in [0.25, 0.3) is 0 Å². The summed E-state index contributed by atoms with van der Waals surface area (Å²) in [4.78, 5) is 2.53. The molecule has 0 amide bonds. The van der Waals surface area contributed by atoms with Crippen molar-refractivity contribution in [3.05, 3.63) is 58.7 Å². The molecule has 0 aromatic heterocycles. The maximum atomic E-state index is 10.2. The first-order valence-electron chi connectivity index (χ1n) is 13.8. The molecule has 2 fully saturated rings. The van der Waals surface area contributed by atoms with Crippen molar-refractivity contribution in [2.24, 2.45) is 17.8 Å². The third-order valence-electron chi connectivity index (χ3n) is 9.23. The summed E-state index contributed by atoms with van der Waals surface area (Å²) in [6, 6.07) is 13.3. The third-order valence-corrected chi connectivity index (χ3v) is 9.23. The maximum Gasteiger partial charge on any atom is 0.159 e. The molecule has 2 aliphatic carbocycles. The molecule has 2 atom stereocenters. The van der Waals surface area contributed by atoms with Gasteiger partial charge in [0.15, 0.2) is 6.29 Å². The smallest absolute Gasteiger partial charge is 0.159 e. The molecule has 35 heavy (non-hydrogen) atoms. The number of benzene rings is 2. The molecule has 0 unspecified atom stereocenters. The lowest BCUT2D eigenvalue weighted by Crippen LogP contribution is -2.39. The number of nitrogens with zero attached hydrogens (tertiary/aromatic N) is 1. The van der Waals surface area contributed by atoms with Gasteiger partial charge in [0, 0.05) is 44.8 Å². The lowest BCUT2D eigenvalue weighted by Gasteiger charge is -2.41. The second kappa shape index (κ2) is 10.9. The van der Waals surface area contributed by atoms with Crippen LogP contribution in [-0.4, -0.2) is 38.7 Å². The van der Waals surface area contributed by atoms with E-state index in [9.17, 15) is 5.11 Å². The van der Waals surface area contributed by atoms with Crippen LogP contribution in [0.1, 0.15) is 79.5 Å². The van der Waals surface area contributed by atoms with E-state index < -0.39 is 0 Å². The van der Waals surface area contributed by atoms with Crippen LogP contribution in [0.2, 0.25) is 0 Å². The van der Waals surface area contributed by atoms with Crippen molar-refractivity contribution in [2.75, 3.05) is 32.2 Å². The number of methoxy groups -OCH3 is 2. The van der Waals surface area contributed by atoms with Gasteiger partial charge in [-0.2, -0.15) is 0 Å². The van der Waals surface area contributed by atoms with Crippen molar-refractivity contribution >= 4 is 5.69 Å². The number of fused-ring (bicyclic) bond motifs is 1. The van der Waals surface area contributed by atoms with Gasteiger partial charge in [0.05, 0.1) is 0 Å². The van der Waals surface area contributed by atoms with E-state index in [0.29, 0.717) is 23.5 Å². The number of anilines is 1. The number of hydrogen-bond acceptors (Lipinski definition) is 4. The predicted octanol–water partition coefficient (Wildman–Crippen LogP) is 6.81. The third kappa shape index (κ3) is 5.11. The van der Waals surface area contributed by atoms with Crippen molar-refractivity contribution in [1.82, 2.24) is 0 Å². The molecule has 0 bridgehead atoms. The summed E-state index contributed by atoms with van der Waals surface area (Å²) >= 11 is 0. The van der Waals surface area contributed by atoms with E-state index in [2.05, 4.69) is 36.1 Å². The highest BCUT2D eigenvalue weighted by Crippen LogP contribution is 2.49. The second-order valence-electron chi connectivity index (χ2n) is 11.2. The fraction of sp³-hybridized carbons (Fsp3) is 0.613. The fourth-order valence-electron chi connectivity index (χ4n) is 7.42. The summed E-state index contributed by atoms with van der Waals surface area (Å²) in [7, 11) is 3.49. The van der Waals surface area contributed by atoms with Gasteiger partial charge in [-0.1, -0.05) is 44.2 Å². The van der Waals surface area contributed by atoms with Gasteiger partial charge in [0.1, 0.15) is 5.75 Å². The second-order valence-corrected chi connectivity index (χ2v) is 11.2. The molecule has 1 N–H and O–H groups in total.